The van der Waals surface area contributed by atoms with Crippen molar-refractivity contribution in [2.45, 2.75) is 50.6 Å². The number of hydrogen-bond donors (Lipinski definition) is 1. The summed E-state index contributed by atoms with van der Waals surface area (Å²) in [7, 11) is -3.62. The molecule has 1 aliphatic rings. The fourth-order valence-corrected chi connectivity index (χ4v) is 5.11. The zero-order valence-corrected chi connectivity index (χ0v) is 18.0. The first-order valence-corrected chi connectivity index (χ1v) is 11.4. The number of carbonyl (C=O) groups is 1. The van der Waals surface area contributed by atoms with E-state index >= 15 is 0 Å². The van der Waals surface area contributed by atoms with Gasteiger partial charge in [-0.3, -0.25) is 9.36 Å². The third-order valence-corrected chi connectivity index (χ3v) is 7.09. The minimum absolute atomic E-state index is 0.0137. The van der Waals surface area contributed by atoms with Gasteiger partial charge in [0.1, 0.15) is 6.04 Å². The number of hydrogen-bond acceptors (Lipinski definition) is 8. The average Bonchev–Trinajstić information content (AvgIpc) is 3.46. The Morgan fingerprint density at radius 3 is 2.71 bits per heavy atom. The molecule has 0 unspecified atom stereocenters. The number of oxazole rings is 1. The highest BCUT2D eigenvalue weighted by atomic mass is 32.2. The van der Waals surface area contributed by atoms with Crippen LogP contribution in [0, 0.1) is 6.92 Å². The van der Waals surface area contributed by atoms with Crippen LogP contribution in [0.4, 0.5) is 0 Å². The first-order chi connectivity index (χ1) is 14.8. The van der Waals surface area contributed by atoms with E-state index in [9.17, 15) is 18.0 Å². The van der Waals surface area contributed by atoms with E-state index < -0.39 is 21.8 Å². The summed E-state index contributed by atoms with van der Waals surface area (Å²) < 4.78 is 38.5. The monoisotopic (exact) mass is 449 g/mol. The van der Waals surface area contributed by atoms with Crippen molar-refractivity contribution in [3.05, 3.63) is 40.5 Å². The number of carbonyl (C=O) groups excluding carboxylic acids is 1. The maximum absolute atomic E-state index is 12.7. The molecule has 1 aromatic carbocycles. The molecule has 1 N–H and O–H groups in total. The molecule has 1 amide bonds. The van der Waals surface area contributed by atoms with Gasteiger partial charge in [0.15, 0.2) is 11.4 Å². The molecule has 166 valence electrons. The second kappa shape index (κ2) is 8.27. The Morgan fingerprint density at radius 2 is 2.03 bits per heavy atom. The molecular weight excluding hydrogens is 426 g/mol. The average molecular weight is 449 g/mol. The van der Waals surface area contributed by atoms with Gasteiger partial charge >= 0.3 is 5.76 Å². The highest BCUT2D eigenvalue weighted by molar-refractivity contribution is 7.89. The molecule has 0 saturated carbocycles. The van der Waals surface area contributed by atoms with Crippen LogP contribution in [0.3, 0.4) is 0 Å². The topological polar surface area (TPSA) is 141 Å². The maximum atomic E-state index is 12.7. The van der Waals surface area contributed by atoms with Crippen LogP contribution in [-0.4, -0.2) is 46.4 Å². The number of amides is 1. The van der Waals surface area contributed by atoms with Crippen molar-refractivity contribution in [2.75, 3.05) is 13.1 Å². The summed E-state index contributed by atoms with van der Waals surface area (Å²) in [6.45, 7) is 4.45. The minimum atomic E-state index is -3.62. The first-order valence-electron chi connectivity index (χ1n) is 9.99. The van der Waals surface area contributed by atoms with Crippen LogP contribution >= 0.6 is 0 Å². The second-order valence-electron chi connectivity index (χ2n) is 7.48. The van der Waals surface area contributed by atoms with Crippen LogP contribution < -0.4 is 11.1 Å². The maximum Gasteiger partial charge on any atom is 0.419 e. The Labute approximate surface area is 178 Å². The molecule has 3 aromatic rings. The lowest BCUT2D eigenvalue weighted by atomic mass is 10.3. The van der Waals surface area contributed by atoms with Gasteiger partial charge in [0.2, 0.25) is 21.8 Å². The quantitative estimate of drug-likeness (QED) is 0.570. The van der Waals surface area contributed by atoms with Crippen LogP contribution in [-0.2, 0) is 21.4 Å². The SMILES string of the molecule is Cc1noc([C@@H](C)NC(=O)CCn2c(=O)oc3cc(S(=O)(=O)N4CCCC4)ccc32)n1. The van der Waals surface area contributed by atoms with Gasteiger partial charge in [-0.2, -0.15) is 9.29 Å². The Morgan fingerprint density at radius 1 is 1.29 bits per heavy atom. The van der Waals surface area contributed by atoms with E-state index in [0.29, 0.717) is 30.3 Å². The van der Waals surface area contributed by atoms with Gasteiger partial charge in [-0.1, -0.05) is 5.16 Å². The molecule has 3 heterocycles. The number of fused-ring (bicyclic) bond motifs is 1. The van der Waals surface area contributed by atoms with Crippen molar-refractivity contribution in [3.63, 3.8) is 0 Å². The predicted octanol–water partition coefficient (Wildman–Crippen LogP) is 1.34. The molecule has 12 heteroatoms. The number of sulfonamides is 1. The molecule has 4 rings (SSSR count). The Kier molecular flexibility index (Phi) is 5.67. The van der Waals surface area contributed by atoms with Crippen LogP contribution in [0.2, 0.25) is 0 Å². The summed E-state index contributed by atoms with van der Waals surface area (Å²) in [4.78, 5) is 28.7. The van der Waals surface area contributed by atoms with Crippen molar-refractivity contribution in [2.24, 2.45) is 0 Å². The number of rotatable bonds is 7. The summed E-state index contributed by atoms with van der Waals surface area (Å²) in [5.74, 6) is -0.195. The molecule has 1 saturated heterocycles. The highest BCUT2D eigenvalue weighted by Gasteiger charge is 2.28. The van der Waals surface area contributed by atoms with Gasteiger partial charge in [0, 0.05) is 32.1 Å². The summed E-state index contributed by atoms with van der Waals surface area (Å²) in [5, 5.41) is 6.42. The summed E-state index contributed by atoms with van der Waals surface area (Å²) in [5.41, 5.74) is 0.596. The number of nitrogens with zero attached hydrogens (tertiary/aromatic N) is 4. The number of aromatic nitrogens is 3. The minimum Gasteiger partial charge on any atom is -0.408 e. The highest BCUT2D eigenvalue weighted by Crippen LogP contribution is 2.24. The van der Waals surface area contributed by atoms with Crippen molar-refractivity contribution in [3.8, 4) is 0 Å². The number of aryl methyl sites for hydroxylation is 2. The smallest absolute Gasteiger partial charge is 0.408 e. The van der Waals surface area contributed by atoms with Gasteiger partial charge in [-0.15, -0.1) is 0 Å². The summed E-state index contributed by atoms with van der Waals surface area (Å²) in [6, 6.07) is 3.89. The zero-order valence-electron chi connectivity index (χ0n) is 17.2. The van der Waals surface area contributed by atoms with Crippen molar-refractivity contribution < 1.29 is 22.2 Å². The van der Waals surface area contributed by atoms with Crippen molar-refractivity contribution >= 4 is 27.0 Å². The third kappa shape index (κ3) is 4.26. The second-order valence-corrected chi connectivity index (χ2v) is 9.42. The van der Waals surface area contributed by atoms with Crippen LogP contribution in [0.25, 0.3) is 11.1 Å². The van der Waals surface area contributed by atoms with E-state index in [1.54, 1.807) is 13.8 Å². The molecule has 1 aliphatic heterocycles. The van der Waals surface area contributed by atoms with Crippen molar-refractivity contribution in [1.82, 2.24) is 24.3 Å². The lowest BCUT2D eigenvalue weighted by molar-refractivity contribution is -0.122. The van der Waals surface area contributed by atoms with E-state index in [1.165, 1.54) is 27.1 Å². The summed E-state index contributed by atoms with van der Waals surface area (Å²) in [6.07, 6.45) is 1.68. The van der Waals surface area contributed by atoms with Crippen LogP contribution in [0.1, 0.15) is 43.9 Å². The van der Waals surface area contributed by atoms with Gasteiger partial charge < -0.3 is 14.3 Å². The summed E-state index contributed by atoms with van der Waals surface area (Å²) >= 11 is 0. The molecule has 1 fully saturated rings. The van der Waals surface area contributed by atoms with Gasteiger partial charge in [-0.05, 0) is 38.8 Å². The Hall–Kier alpha value is -2.99. The molecular formula is C19H23N5O6S. The molecule has 11 nitrogen and oxygen atoms in total. The lowest BCUT2D eigenvalue weighted by Crippen LogP contribution is -2.28. The van der Waals surface area contributed by atoms with E-state index in [2.05, 4.69) is 15.5 Å². The molecule has 2 aromatic heterocycles. The molecule has 31 heavy (non-hydrogen) atoms. The molecule has 0 aliphatic carbocycles. The van der Waals surface area contributed by atoms with E-state index in [4.69, 9.17) is 8.94 Å². The van der Waals surface area contributed by atoms with E-state index in [1.807, 2.05) is 0 Å². The Balaban J connectivity index is 1.47. The molecule has 0 spiro atoms. The Bertz CT molecular complexity index is 1270. The first kappa shape index (κ1) is 21.2. The van der Waals surface area contributed by atoms with E-state index in [-0.39, 0.29) is 29.4 Å². The zero-order chi connectivity index (χ0) is 22.2. The largest absolute Gasteiger partial charge is 0.419 e. The van der Waals surface area contributed by atoms with Crippen molar-refractivity contribution in [1.29, 1.82) is 0 Å². The van der Waals surface area contributed by atoms with Gasteiger partial charge in [0.25, 0.3) is 0 Å². The third-order valence-electron chi connectivity index (χ3n) is 5.20. The molecule has 0 bridgehead atoms. The fraction of sp³-hybridized carbons (Fsp3) is 0.474. The number of benzene rings is 1. The lowest BCUT2D eigenvalue weighted by Gasteiger charge is -2.15. The van der Waals surface area contributed by atoms with Gasteiger partial charge in [0.05, 0.1) is 10.4 Å². The fourth-order valence-electron chi connectivity index (χ4n) is 3.57. The van der Waals surface area contributed by atoms with Gasteiger partial charge in [-0.25, -0.2) is 13.2 Å². The van der Waals surface area contributed by atoms with Crippen LogP contribution in [0.15, 0.2) is 36.8 Å². The van der Waals surface area contributed by atoms with Crippen LogP contribution in [0.5, 0.6) is 0 Å². The molecule has 1 atom stereocenters. The molecule has 0 radical (unpaired) electrons. The normalized spacial score (nSPS) is 16.1. The number of nitrogens with one attached hydrogen (secondary N) is 1. The predicted molar refractivity (Wildman–Crippen MR) is 109 cm³/mol. The standard InChI is InChI=1S/C19H23N5O6S/c1-12(18-21-13(2)22-30-18)20-17(25)7-10-24-15-6-5-14(11-16(15)29-19(24)26)31(27,28)23-8-3-4-9-23/h5-6,11-12H,3-4,7-10H2,1-2H3,(H,20,25)/t12-/m1/s1. The van der Waals surface area contributed by atoms with E-state index in [0.717, 1.165) is 12.8 Å².